The molecule has 120 valence electrons. The van der Waals surface area contributed by atoms with Gasteiger partial charge < -0.3 is 9.84 Å². The van der Waals surface area contributed by atoms with E-state index in [9.17, 15) is 13.7 Å². The zero-order valence-corrected chi connectivity index (χ0v) is 13.3. The predicted octanol–water partition coefficient (Wildman–Crippen LogP) is 2.88. The van der Waals surface area contributed by atoms with Crippen molar-refractivity contribution in [3.63, 3.8) is 0 Å². The zero-order chi connectivity index (χ0) is 15.3. The third-order valence-electron chi connectivity index (χ3n) is 5.21. The topological polar surface area (TPSA) is 46.5 Å². The van der Waals surface area contributed by atoms with E-state index in [0.29, 0.717) is 36.7 Å². The summed E-state index contributed by atoms with van der Waals surface area (Å²) in [4.78, 5) is 0. The summed E-state index contributed by atoms with van der Waals surface area (Å²) in [7, 11) is -0.847. The molecule has 2 bridgehead atoms. The Morgan fingerprint density at radius 2 is 1.91 bits per heavy atom. The number of aliphatic hydroxyl groups is 1. The van der Waals surface area contributed by atoms with E-state index in [-0.39, 0.29) is 16.3 Å². The lowest BCUT2D eigenvalue weighted by Gasteiger charge is -2.37. The van der Waals surface area contributed by atoms with Crippen LogP contribution in [0.2, 0.25) is 0 Å². The summed E-state index contributed by atoms with van der Waals surface area (Å²) >= 11 is 0. The monoisotopic (exact) mass is 324 g/mol. The zero-order valence-electron chi connectivity index (χ0n) is 12.5. The first-order valence-corrected chi connectivity index (χ1v) is 9.37. The number of halogens is 1. The predicted molar refractivity (Wildman–Crippen MR) is 82.7 cm³/mol. The maximum Gasteiger partial charge on any atom is 0.125 e. The van der Waals surface area contributed by atoms with E-state index in [2.05, 4.69) is 0 Å². The molecule has 1 N–H and O–H groups in total. The molecule has 1 aromatic carbocycles. The van der Waals surface area contributed by atoms with Crippen LogP contribution in [-0.4, -0.2) is 26.4 Å². The smallest absolute Gasteiger partial charge is 0.125 e. The van der Waals surface area contributed by atoms with E-state index >= 15 is 0 Å². The van der Waals surface area contributed by atoms with E-state index in [1.165, 1.54) is 25.0 Å². The van der Waals surface area contributed by atoms with E-state index in [1.807, 2.05) is 0 Å². The van der Waals surface area contributed by atoms with Crippen molar-refractivity contribution in [1.29, 1.82) is 0 Å². The Balaban J connectivity index is 1.65. The van der Waals surface area contributed by atoms with Gasteiger partial charge in [-0.3, -0.25) is 4.21 Å². The van der Waals surface area contributed by atoms with Crippen LogP contribution in [0.25, 0.3) is 0 Å². The molecule has 0 radical (unpaired) electrons. The number of hydrogen-bond acceptors (Lipinski definition) is 3. The number of hydrogen-bond donors (Lipinski definition) is 1. The first kappa shape index (κ1) is 14.6. The van der Waals surface area contributed by atoms with Crippen LogP contribution in [0.5, 0.6) is 5.75 Å². The Morgan fingerprint density at radius 3 is 2.55 bits per heavy atom. The molecular weight excluding hydrogens is 303 g/mol. The van der Waals surface area contributed by atoms with Crippen LogP contribution in [0.3, 0.4) is 0 Å². The fourth-order valence-corrected chi connectivity index (χ4v) is 5.95. The molecule has 1 aromatic rings. The van der Waals surface area contributed by atoms with Crippen molar-refractivity contribution in [2.24, 2.45) is 5.92 Å². The SMILES string of the molecule is O=S1C2CCC1CC(O)(c1cc(F)ccc1OCC1CC1)C2. The Kier molecular flexibility index (Phi) is 3.53. The summed E-state index contributed by atoms with van der Waals surface area (Å²) in [5.74, 6) is 0.826. The summed E-state index contributed by atoms with van der Waals surface area (Å²) in [6.45, 7) is 0.632. The van der Waals surface area contributed by atoms with Gasteiger partial charge in [0.05, 0.1) is 12.2 Å². The minimum absolute atomic E-state index is 0.0308. The molecule has 2 atom stereocenters. The molecule has 5 heteroatoms. The van der Waals surface area contributed by atoms with Gasteiger partial charge >= 0.3 is 0 Å². The molecule has 2 saturated heterocycles. The second kappa shape index (κ2) is 5.31. The van der Waals surface area contributed by atoms with Crippen molar-refractivity contribution in [2.45, 2.75) is 54.6 Å². The normalized spacial score (nSPS) is 37.3. The van der Waals surface area contributed by atoms with E-state index in [0.717, 1.165) is 12.8 Å². The van der Waals surface area contributed by atoms with Crippen LogP contribution in [0.4, 0.5) is 4.39 Å². The van der Waals surface area contributed by atoms with Crippen LogP contribution in [-0.2, 0) is 16.4 Å². The number of rotatable bonds is 4. The fraction of sp³-hybridized carbons (Fsp3) is 0.647. The number of fused-ring (bicyclic) bond motifs is 2. The van der Waals surface area contributed by atoms with Crippen molar-refractivity contribution in [1.82, 2.24) is 0 Å². The summed E-state index contributed by atoms with van der Waals surface area (Å²) in [6, 6.07) is 4.40. The standard InChI is InChI=1S/C17H21FO3S/c18-12-3-6-16(21-10-11-1-2-11)15(7-12)17(19)8-13-4-5-14(9-17)22(13)20/h3,6-7,11,13-14,19H,1-2,4-5,8-10H2. The van der Waals surface area contributed by atoms with Gasteiger partial charge in [-0.05, 0) is 62.6 Å². The molecule has 2 unspecified atom stereocenters. The molecule has 1 saturated carbocycles. The second-order valence-electron chi connectivity index (χ2n) is 6.98. The van der Waals surface area contributed by atoms with Crippen molar-refractivity contribution in [3.05, 3.63) is 29.6 Å². The second-order valence-corrected chi connectivity index (χ2v) is 8.97. The molecule has 0 amide bonds. The average molecular weight is 324 g/mol. The average Bonchev–Trinajstić information content (AvgIpc) is 3.28. The fourth-order valence-electron chi connectivity index (χ4n) is 3.79. The van der Waals surface area contributed by atoms with Crippen molar-refractivity contribution < 1.29 is 18.4 Å². The van der Waals surface area contributed by atoms with Gasteiger partial charge in [0.25, 0.3) is 0 Å². The molecule has 0 aromatic heterocycles. The van der Waals surface area contributed by atoms with Gasteiger partial charge in [0.2, 0.25) is 0 Å². The summed E-state index contributed by atoms with van der Waals surface area (Å²) in [6.07, 6.45) is 5.05. The molecular formula is C17H21FO3S. The highest BCUT2D eigenvalue weighted by atomic mass is 32.2. The lowest BCUT2D eigenvalue weighted by atomic mass is 9.85. The third kappa shape index (κ3) is 2.58. The molecule has 22 heavy (non-hydrogen) atoms. The molecule has 3 nitrogen and oxygen atoms in total. The molecule has 2 heterocycles. The summed E-state index contributed by atoms with van der Waals surface area (Å²) < 4.78 is 31.8. The van der Waals surface area contributed by atoms with Crippen molar-refractivity contribution in [2.75, 3.05) is 6.61 Å². The van der Waals surface area contributed by atoms with Crippen LogP contribution in [0.15, 0.2) is 18.2 Å². The third-order valence-corrected chi connectivity index (χ3v) is 7.33. The van der Waals surface area contributed by atoms with E-state index in [1.54, 1.807) is 6.07 Å². The van der Waals surface area contributed by atoms with E-state index in [4.69, 9.17) is 4.74 Å². The highest BCUT2D eigenvalue weighted by Crippen LogP contribution is 2.48. The number of ether oxygens (including phenoxy) is 1. The lowest BCUT2D eigenvalue weighted by Crippen LogP contribution is -2.40. The molecule has 4 rings (SSSR count). The molecule has 1 aliphatic carbocycles. The minimum atomic E-state index is -1.11. The van der Waals surface area contributed by atoms with Crippen LogP contribution >= 0.6 is 0 Å². The lowest BCUT2D eigenvalue weighted by molar-refractivity contribution is 0.0153. The Morgan fingerprint density at radius 1 is 1.23 bits per heavy atom. The molecule has 0 spiro atoms. The quantitative estimate of drug-likeness (QED) is 0.926. The van der Waals surface area contributed by atoms with Gasteiger partial charge in [0.1, 0.15) is 11.6 Å². The Hall–Kier alpha value is -0.940. The first-order valence-electron chi connectivity index (χ1n) is 8.10. The van der Waals surface area contributed by atoms with Gasteiger partial charge in [-0.1, -0.05) is 0 Å². The van der Waals surface area contributed by atoms with Crippen LogP contribution < -0.4 is 4.74 Å². The van der Waals surface area contributed by atoms with E-state index < -0.39 is 16.4 Å². The summed E-state index contributed by atoms with van der Waals surface area (Å²) in [5.41, 5.74) is -0.567. The number of benzene rings is 1. The van der Waals surface area contributed by atoms with Gasteiger partial charge in [0.15, 0.2) is 0 Å². The van der Waals surface area contributed by atoms with Gasteiger partial charge in [-0.2, -0.15) is 0 Å². The highest BCUT2D eigenvalue weighted by molar-refractivity contribution is 7.86. The maximum atomic E-state index is 13.7. The molecule has 3 fully saturated rings. The van der Waals surface area contributed by atoms with Gasteiger partial charge in [0, 0.05) is 26.9 Å². The molecule has 3 aliphatic rings. The first-order chi connectivity index (χ1) is 10.5. The van der Waals surface area contributed by atoms with Gasteiger partial charge in [-0.25, -0.2) is 4.39 Å². The Bertz CT molecular complexity index is 598. The van der Waals surface area contributed by atoms with Gasteiger partial charge in [-0.15, -0.1) is 0 Å². The minimum Gasteiger partial charge on any atom is -0.493 e. The largest absolute Gasteiger partial charge is 0.493 e. The highest BCUT2D eigenvalue weighted by Gasteiger charge is 2.49. The summed E-state index contributed by atoms with van der Waals surface area (Å²) in [5, 5.41) is 11.2. The van der Waals surface area contributed by atoms with Crippen LogP contribution in [0, 0.1) is 11.7 Å². The Labute approximate surface area is 132 Å². The maximum absolute atomic E-state index is 13.7. The van der Waals surface area contributed by atoms with Crippen molar-refractivity contribution in [3.8, 4) is 5.75 Å². The van der Waals surface area contributed by atoms with Crippen molar-refractivity contribution >= 4 is 10.8 Å². The van der Waals surface area contributed by atoms with Crippen LogP contribution in [0.1, 0.15) is 44.1 Å². The molecule has 2 aliphatic heterocycles.